The molecule has 0 atom stereocenters. The van der Waals surface area contributed by atoms with Gasteiger partial charge in [0.25, 0.3) is 0 Å². The number of nitrogens with zero attached hydrogens (tertiary/aromatic N) is 1. The predicted octanol–water partition coefficient (Wildman–Crippen LogP) is 3.03. The van der Waals surface area contributed by atoms with Crippen molar-refractivity contribution in [2.24, 2.45) is 0 Å². The molecule has 0 amide bonds. The molecule has 0 radical (unpaired) electrons. The van der Waals surface area contributed by atoms with E-state index < -0.39 is 0 Å². The zero-order valence-electron chi connectivity index (χ0n) is 12.4. The Labute approximate surface area is 125 Å². The second kappa shape index (κ2) is 9.65. The number of nitriles is 1. The van der Waals surface area contributed by atoms with Crippen molar-refractivity contribution in [3.63, 3.8) is 0 Å². The zero-order chi connectivity index (χ0) is 15.5. The highest BCUT2D eigenvalue weighted by atomic mass is 16.5. The first-order valence-corrected chi connectivity index (χ1v) is 7.20. The van der Waals surface area contributed by atoms with Crippen LogP contribution in [-0.4, -0.2) is 19.2 Å². The fraction of sp³-hybridized carbons (Fsp3) is 0.500. The number of hydrogen-bond acceptors (Lipinski definition) is 5. The fourth-order valence-corrected chi connectivity index (χ4v) is 1.92. The van der Waals surface area contributed by atoms with Crippen LogP contribution in [0.3, 0.4) is 0 Å². The van der Waals surface area contributed by atoms with Crippen molar-refractivity contribution in [2.75, 3.05) is 18.9 Å². The lowest BCUT2D eigenvalue weighted by Crippen LogP contribution is -2.02. The highest BCUT2D eigenvalue weighted by Crippen LogP contribution is 2.23. The Bertz CT molecular complexity index is 495. The lowest BCUT2D eigenvalue weighted by molar-refractivity contribution is -0.141. The minimum atomic E-state index is -0.223. The molecule has 1 rings (SSSR count). The van der Waals surface area contributed by atoms with E-state index in [1.54, 1.807) is 18.2 Å². The molecule has 114 valence electrons. The van der Waals surface area contributed by atoms with Crippen LogP contribution in [0.1, 0.15) is 44.6 Å². The number of carbonyl (C=O) groups is 1. The molecule has 5 nitrogen and oxygen atoms in total. The third kappa shape index (κ3) is 6.66. The molecule has 0 saturated carbocycles. The van der Waals surface area contributed by atoms with Crippen LogP contribution in [0.15, 0.2) is 18.2 Å². The van der Waals surface area contributed by atoms with Crippen molar-refractivity contribution < 1.29 is 14.3 Å². The van der Waals surface area contributed by atoms with Gasteiger partial charge >= 0.3 is 5.97 Å². The lowest BCUT2D eigenvalue weighted by Gasteiger charge is -2.09. The normalized spacial score (nSPS) is 9.90. The fourth-order valence-electron chi connectivity index (χ4n) is 1.92. The van der Waals surface area contributed by atoms with Crippen LogP contribution in [-0.2, 0) is 9.53 Å². The summed E-state index contributed by atoms with van der Waals surface area (Å²) >= 11 is 0. The summed E-state index contributed by atoms with van der Waals surface area (Å²) in [5, 5.41) is 9.02. The van der Waals surface area contributed by atoms with Crippen LogP contribution in [0.25, 0.3) is 0 Å². The number of ether oxygens (including phenoxy) is 2. The summed E-state index contributed by atoms with van der Waals surface area (Å²) in [5.41, 5.74) is 6.56. The maximum absolute atomic E-state index is 10.6. The molecule has 0 aliphatic carbocycles. The second-order valence-corrected chi connectivity index (χ2v) is 4.79. The van der Waals surface area contributed by atoms with Gasteiger partial charge in [-0.15, -0.1) is 0 Å². The summed E-state index contributed by atoms with van der Waals surface area (Å²) in [6.07, 6.45) is 4.98. The molecule has 0 aromatic heterocycles. The van der Waals surface area contributed by atoms with E-state index in [0.717, 1.165) is 32.1 Å². The summed E-state index contributed by atoms with van der Waals surface area (Å²) in [6.45, 7) is 2.49. The number of esters is 1. The molecule has 21 heavy (non-hydrogen) atoms. The first-order chi connectivity index (χ1) is 10.1. The Hall–Kier alpha value is -2.22. The molecule has 0 aliphatic rings. The number of nitrogen functional groups attached to an aromatic ring is 1. The number of unbranched alkanes of at least 4 members (excludes halogenated alkanes) is 4. The Morgan fingerprint density at radius 2 is 1.86 bits per heavy atom. The lowest BCUT2D eigenvalue weighted by atomic mass is 10.1. The first-order valence-electron chi connectivity index (χ1n) is 7.20. The summed E-state index contributed by atoms with van der Waals surface area (Å²) in [4.78, 5) is 10.6. The molecule has 5 heteroatoms. The van der Waals surface area contributed by atoms with Gasteiger partial charge in [0.15, 0.2) is 0 Å². The van der Waals surface area contributed by atoms with Gasteiger partial charge in [0.05, 0.1) is 18.9 Å². The van der Waals surface area contributed by atoms with E-state index in [-0.39, 0.29) is 5.97 Å². The SMILES string of the molecule is CC(=O)OCCCCCCCOc1cccc(N)c1C#N. The van der Waals surface area contributed by atoms with Crippen molar-refractivity contribution in [1.29, 1.82) is 5.26 Å². The minimum Gasteiger partial charge on any atom is -0.492 e. The van der Waals surface area contributed by atoms with Gasteiger partial charge in [-0.25, -0.2) is 0 Å². The third-order valence-corrected chi connectivity index (χ3v) is 3.02. The minimum absolute atomic E-state index is 0.223. The summed E-state index contributed by atoms with van der Waals surface area (Å²) in [6, 6.07) is 7.28. The van der Waals surface area contributed by atoms with Gasteiger partial charge in [-0.05, 0) is 25.0 Å². The number of nitrogens with two attached hydrogens (primary N) is 1. The molecule has 1 aromatic rings. The van der Waals surface area contributed by atoms with Gasteiger partial charge in [0.1, 0.15) is 17.4 Å². The maximum Gasteiger partial charge on any atom is 0.302 e. The van der Waals surface area contributed by atoms with E-state index in [1.165, 1.54) is 6.92 Å². The topological polar surface area (TPSA) is 85.3 Å². The predicted molar refractivity (Wildman–Crippen MR) is 80.8 cm³/mol. The van der Waals surface area contributed by atoms with Crippen LogP contribution in [0, 0.1) is 11.3 Å². The standard InChI is InChI=1S/C16H22N2O3/c1-13(19)20-10-5-3-2-4-6-11-21-16-9-7-8-15(18)14(16)12-17/h7-9H,2-6,10-11,18H2,1H3. The molecule has 0 heterocycles. The molecular weight excluding hydrogens is 268 g/mol. The van der Waals surface area contributed by atoms with Crippen LogP contribution in [0.4, 0.5) is 5.69 Å². The molecule has 0 fully saturated rings. The van der Waals surface area contributed by atoms with Crippen LogP contribution < -0.4 is 10.5 Å². The first kappa shape index (κ1) is 16.8. The molecule has 2 N–H and O–H groups in total. The molecule has 0 unspecified atom stereocenters. The van der Waals surface area contributed by atoms with E-state index in [4.69, 9.17) is 20.5 Å². The van der Waals surface area contributed by atoms with E-state index in [0.29, 0.717) is 30.2 Å². The van der Waals surface area contributed by atoms with Crippen LogP contribution >= 0.6 is 0 Å². The Morgan fingerprint density at radius 3 is 2.52 bits per heavy atom. The van der Waals surface area contributed by atoms with Crippen molar-refractivity contribution in [3.8, 4) is 11.8 Å². The third-order valence-electron chi connectivity index (χ3n) is 3.02. The van der Waals surface area contributed by atoms with Crippen molar-refractivity contribution in [2.45, 2.75) is 39.0 Å². The van der Waals surface area contributed by atoms with Crippen molar-refractivity contribution in [3.05, 3.63) is 23.8 Å². The summed E-state index contributed by atoms with van der Waals surface area (Å²) in [5.74, 6) is 0.325. The van der Waals surface area contributed by atoms with Crippen LogP contribution in [0.5, 0.6) is 5.75 Å². The van der Waals surface area contributed by atoms with E-state index in [2.05, 4.69) is 6.07 Å². The van der Waals surface area contributed by atoms with Gasteiger partial charge in [0.2, 0.25) is 0 Å². The Morgan fingerprint density at radius 1 is 1.19 bits per heavy atom. The van der Waals surface area contributed by atoms with Gasteiger partial charge < -0.3 is 15.2 Å². The highest BCUT2D eigenvalue weighted by Gasteiger charge is 2.06. The number of rotatable bonds is 9. The molecule has 0 aliphatic heterocycles. The molecule has 0 spiro atoms. The second-order valence-electron chi connectivity index (χ2n) is 4.79. The van der Waals surface area contributed by atoms with Crippen molar-refractivity contribution in [1.82, 2.24) is 0 Å². The monoisotopic (exact) mass is 290 g/mol. The van der Waals surface area contributed by atoms with Gasteiger partial charge in [0, 0.05) is 6.92 Å². The number of carbonyl (C=O) groups excluding carboxylic acids is 1. The van der Waals surface area contributed by atoms with Crippen LogP contribution in [0.2, 0.25) is 0 Å². The van der Waals surface area contributed by atoms with Gasteiger partial charge in [-0.2, -0.15) is 5.26 Å². The smallest absolute Gasteiger partial charge is 0.302 e. The summed E-state index contributed by atoms with van der Waals surface area (Å²) in [7, 11) is 0. The molecule has 0 bridgehead atoms. The zero-order valence-corrected chi connectivity index (χ0v) is 12.4. The van der Waals surface area contributed by atoms with Gasteiger partial charge in [-0.1, -0.05) is 25.3 Å². The quantitative estimate of drug-likeness (QED) is 0.429. The van der Waals surface area contributed by atoms with Gasteiger partial charge in [-0.3, -0.25) is 4.79 Å². The molecule has 0 saturated heterocycles. The maximum atomic E-state index is 10.6. The molecule has 1 aromatic carbocycles. The van der Waals surface area contributed by atoms with Crippen molar-refractivity contribution >= 4 is 11.7 Å². The Balaban J connectivity index is 2.11. The number of anilines is 1. The average molecular weight is 290 g/mol. The summed E-state index contributed by atoms with van der Waals surface area (Å²) < 4.78 is 10.5. The number of hydrogen-bond donors (Lipinski definition) is 1. The number of benzene rings is 1. The average Bonchev–Trinajstić information content (AvgIpc) is 2.45. The molecular formula is C16H22N2O3. The van der Waals surface area contributed by atoms with E-state index in [1.807, 2.05) is 0 Å². The van der Waals surface area contributed by atoms with E-state index in [9.17, 15) is 4.79 Å². The largest absolute Gasteiger partial charge is 0.492 e. The Kier molecular flexibility index (Phi) is 7.73. The highest BCUT2D eigenvalue weighted by molar-refractivity contribution is 5.65. The van der Waals surface area contributed by atoms with E-state index >= 15 is 0 Å².